The van der Waals surface area contributed by atoms with Gasteiger partial charge in [0.25, 0.3) is 0 Å². The van der Waals surface area contributed by atoms with Gasteiger partial charge in [0.05, 0.1) is 12.1 Å². The highest BCUT2D eigenvalue weighted by atomic mass is 16.3. The summed E-state index contributed by atoms with van der Waals surface area (Å²) in [4.78, 5) is 7.82. The fourth-order valence-electron chi connectivity index (χ4n) is 2.03. The molecule has 0 amide bonds. The van der Waals surface area contributed by atoms with Crippen LogP contribution in [-0.2, 0) is 0 Å². The molecule has 2 unspecified atom stereocenters. The predicted molar refractivity (Wildman–Crippen MR) is 62.7 cm³/mol. The number of aliphatic hydroxyl groups excluding tert-OH is 1. The van der Waals surface area contributed by atoms with E-state index in [2.05, 4.69) is 15.3 Å². The molecule has 0 saturated heterocycles. The average molecular weight is 223 g/mol. The molecular formula is C10H17N5O. The Bertz CT molecular complexity index is 350. The van der Waals surface area contributed by atoms with E-state index in [-0.39, 0.29) is 18.1 Å². The molecule has 1 heterocycles. The van der Waals surface area contributed by atoms with Crippen LogP contribution in [0.3, 0.4) is 0 Å². The van der Waals surface area contributed by atoms with E-state index >= 15 is 0 Å². The van der Waals surface area contributed by atoms with Crippen molar-refractivity contribution in [2.45, 2.75) is 37.8 Å². The summed E-state index contributed by atoms with van der Waals surface area (Å²) in [6, 6.07) is 1.65. The van der Waals surface area contributed by atoms with Gasteiger partial charge in [-0.15, -0.1) is 0 Å². The van der Waals surface area contributed by atoms with Crippen LogP contribution in [0.4, 0.5) is 17.6 Å². The van der Waals surface area contributed by atoms with Gasteiger partial charge in [0.1, 0.15) is 11.6 Å². The number of nitrogens with one attached hydrogen (secondary N) is 1. The van der Waals surface area contributed by atoms with Crippen LogP contribution in [0.25, 0.3) is 0 Å². The van der Waals surface area contributed by atoms with Crippen molar-refractivity contribution in [3.63, 3.8) is 0 Å². The van der Waals surface area contributed by atoms with E-state index in [4.69, 9.17) is 11.5 Å². The highest BCUT2D eigenvalue weighted by Gasteiger charge is 2.23. The van der Waals surface area contributed by atoms with E-state index in [0.717, 1.165) is 25.7 Å². The number of hydrogen-bond donors (Lipinski definition) is 4. The third-order valence-corrected chi connectivity index (χ3v) is 2.83. The summed E-state index contributed by atoms with van der Waals surface area (Å²) >= 11 is 0. The van der Waals surface area contributed by atoms with Crippen LogP contribution in [-0.4, -0.2) is 27.2 Å². The second-order valence-corrected chi connectivity index (χ2v) is 4.14. The molecule has 1 aliphatic rings. The van der Waals surface area contributed by atoms with Gasteiger partial charge in [-0.2, -0.15) is 9.97 Å². The first-order valence-electron chi connectivity index (χ1n) is 5.50. The van der Waals surface area contributed by atoms with Gasteiger partial charge in [-0.25, -0.2) is 0 Å². The molecule has 0 bridgehead atoms. The second-order valence-electron chi connectivity index (χ2n) is 4.14. The average Bonchev–Trinajstić information content (AvgIpc) is 2.20. The number of aromatic nitrogens is 2. The summed E-state index contributed by atoms with van der Waals surface area (Å²) in [5.74, 6) is 1.06. The van der Waals surface area contributed by atoms with Crippen molar-refractivity contribution in [1.29, 1.82) is 0 Å². The Morgan fingerprint density at radius 3 is 2.69 bits per heavy atom. The standard InChI is InChI=1S/C10H17N5O/c11-8-5-9(15-10(12)14-8)13-6-3-1-2-4-7(6)16/h5-7,16H,1-4H2,(H5,11,12,13,14,15). The molecule has 0 aliphatic heterocycles. The maximum absolute atomic E-state index is 9.80. The van der Waals surface area contributed by atoms with Gasteiger partial charge in [0, 0.05) is 6.07 Å². The zero-order chi connectivity index (χ0) is 11.5. The monoisotopic (exact) mass is 223 g/mol. The molecule has 2 rings (SSSR count). The highest BCUT2D eigenvalue weighted by Crippen LogP contribution is 2.22. The molecule has 1 aromatic heterocycles. The number of nitrogen functional groups attached to an aromatic ring is 2. The van der Waals surface area contributed by atoms with Crippen molar-refractivity contribution in [3.05, 3.63) is 6.07 Å². The number of nitrogens with zero attached hydrogens (tertiary/aromatic N) is 2. The van der Waals surface area contributed by atoms with Crippen molar-refractivity contribution in [3.8, 4) is 0 Å². The van der Waals surface area contributed by atoms with E-state index in [1.54, 1.807) is 6.07 Å². The number of rotatable bonds is 2. The Balaban J connectivity index is 2.07. The Labute approximate surface area is 94.1 Å². The number of aliphatic hydroxyl groups is 1. The lowest BCUT2D eigenvalue weighted by atomic mass is 9.93. The Kier molecular flexibility index (Phi) is 3.09. The van der Waals surface area contributed by atoms with Gasteiger partial charge in [-0.05, 0) is 12.8 Å². The van der Waals surface area contributed by atoms with E-state index in [9.17, 15) is 5.11 Å². The second kappa shape index (κ2) is 4.52. The third-order valence-electron chi connectivity index (χ3n) is 2.83. The molecule has 1 aliphatic carbocycles. The molecule has 6 heteroatoms. The third kappa shape index (κ3) is 2.52. The number of nitrogens with two attached hydrogens (primary N) is 2. The Morgan fingerprint density at radius 2 is 2.00 bits per heavy atom. The molecule has 0 aromatic carbocycles. The normalized spacial score (nSPS) is 25.3. The Hall–Kier alpha value is -1.56. The fraction of sp³-hybridized carbons (Fsp3) is 0.600. The molecule has 6 N–H and O–H groups in total. The summed E-state index contributed by atoms with van der Waals surface area (Å²) < 4.78 is 0. The topological polar surface area (TPSA) is 110 Å². The van der Waals surface area contributed by atoms with Gasteiger partial charge >= 0.3 is 0 Å². The maximum Gasteiger partial charge on any atom is 0.223 e. The Morgan fingerprint density at radius 1 is 1.25 bits per heavy atom. The zero-order valence-corrected chi connectivity index (χ0v) is 9.06. The first-order chi connectivity index (χ1) is 7.65. The van der Waals surface area contributed by atoms with Gasteiger partial charge in [-0.3, -0.25) is 0 Å². The minimum atomic E-state index is -0.328. The smallest absolute Gasteiger partial charge is 0.223 e. The lowest BCUT2D eigenvalue weighted by Crippen LogP contribution is -2.36. The van der Waals surface area contributed by atoms with Gasteiger partial charge in [0.15, 0.2) is 0 Å². The molecule has 6 nitrogen and oxygen atoms in total. The van der Waals surface area contributed by atoms with Gasteiger partial charge in [0.2, 0.25) is 5.95 Å². The van der Waals surface area contributed by atoms with Crippen LogP contribution in [0.15, 0.2) is 6.07 Å². The van der Waals surface area contributed by atoms with Gasteiger partial charge < -0.3 is 21.9 Å². The van der Waals surface area contributed by atoms with Crippen molar-refractivity contribution in [1.82, 2.24) is 9.97 Å². The molecule has 0 radical (unpaired) electrons. The van der Waals surface area contributed by atoms with Crippen LogP contribution >= 0.6 is 0 Å². The molecule has 2 atom stereocenters. The summed E-state index contributed by atoms with van der Waals surface area (Å²) in [6.45, 7) is 0. The highest BCUT2D eigenvalue weighted by molar-refractivity contribution is 5.49. The van der Waals surface area contributed by atoms with Crippen LogP contribution in [0.2, 0.25) is 0 Å². The number of anilines is 3. The lowest BCUT2D eigenvalue weighted by Gasteiger charge is -2.28. The fourth-order valence-corrected chi connectivity index (χ4v) is 2.03. The molecule has 1 aromatic rings. The zero-order valence-electron chi connectivity index (χ0n) is 9.06. The van der Waals surface area contributed by atoms with Crippen molar-refractivity contribution in [2.75, 3.05) is 16.8 Å². The van der Waals surface area contributed by atoms with Crippen molar-refractivity contribution < 1.29 is 5.11 Å². The predicted octanol–water partition coefficient (Wildman–Crippen LogP) is 0.356. The van der Waals surface area contributed by atoms with E-state index in [1.807, 2.05) is 0 Å². The molecule has 1 fully saturated rings. The first-order valence-corrected chi connectivity index (χ1v) is 5.50. The quantitative estimate of drug-likeness (QED) is 0.576. The van der Waals surface area contributed by atoms with Crippen LogP contribution in [0, 0.1) is 0 Å². The maximum atomic E-state index is 9.80. The van der Waals surface area contributed by atoms with Crippen molar-refractivity contribution >= 4 is 17.6 Å². The largest absolute Gasteiger partial charge is 0.391 e. The molecule has 0 spiro atoms. The van der Waals surface area contributed by atoms with Crippen molar-refractivity contribution in [2.24, 2.45) is 0 Å². The summed E-state index contributed by atoms with van der Waals surface area (Å²) in [6.07, 6.45) is 3.63. The van der Waals surface area contributed by atoms with Crippen LogP contribution in [0.1, 0.15) is 25.7 Å². The van der Waals surface area contributed by atoms with Crippen LogP contribution < -0.4 is 16.8 Å². The summed E-state index contributed by atoms with van der Waals surface area (Å²) in [5.41, 5.74) is 11.1. The molecule has 88 valence electrons. The minimum absolute atomic E-state index is 0.0300. The first kappa shape index (κ1) is 10.9. The lowest BCUT2D eigenvalue weighted by molar-refractivity contribution is 0.116. The molecular weight excluding hydrogens is 206 g/mol. The van der Waals surface area contributed by atoms with Crippen LogP contribution in [0.5, 0.6) is 0 Å². The molecule has 1 saturated carbocycles. The number of hydrogen-bond acceptors (Lipinski definition) is 6. The van der Waals surface area contributed by atoms with Gasteiger partial charge in [-0.1, -0.05) is 12.8 Å². The molecule has 16 heavy (non-hydrogen) atoms. The van der Waals surface area contributed by atoms with E-state index < -0.39 is 0 Å². The summed E-state index contributed by atoms with van der Waals surface area (Å²) in [5, 5.41) is 13.0. The van der Waals surface area contributed by atoms with E-state index in [0.29, 0.717) is 11.6 Å². The SMILES string of the molecule is Nc1cc(NC2CCCCC2O)nc(N)n1. The van der Waals surface area contributed by atoms with E-state index in [1.165, 1.54) is 0 Å². The summed E-state index contributed by atoms with van der Waals surface area (Å²) in [7, 11) is 0. The minimum Gasteiger partial charge on any atom is -0.391 e.